The van der Waals surface area contributed by atoms with Crippen molar-refractivity contribution < 1.29 is 0 Å². The van der Waals surface area contributed by atoms with Gasteiger partial charge in [0.1, 0.15) is 0 Å². The molecule has 0 saturated heterocycles. The molecule has 186 valence electrons. The first-order chi connectivity index (χ1) is 15.6. The van der Waals surface area contributed by atoms with Crippen molar-refractivity contribution in [1.82, 2.24) is 0 Å². The van der Waals surface area contributed by atoms with Crippen LogP contribution in [0.15, 0.2) is 45.6 Å². The first-order valence-corrected chi connectivity index (χ1v) is 14.4. The van der Waals surface area contributed by atoms with E-state index in [1.54, 1.807) is 33.4 Å². The first kappa shape index (κ1) is 31.0. The number of hydrogen-bond donors (Lipinski definition) is 0. The van der Waals surface area contributed by atoms with E-state index in [0.29, 0.717) is 0 Å². The SMILES string of the molecule is CCC/C=C(CCC)/C(CCC)=C(CCC)\C(CCC)=C(CCC)/C(=C/CCC)CCC. The van der Waals surface area contributed by atoms with Gasteiger partial charge in [0.2, 0.25) is 0 Å². The van der Waals surface area contributed by atoms with Crippen molar-refractivity contribution in [2.24, 2.45) is 0 Å². The van der Waals surface area contributed by atoms with Crippen LogP contribution in [0.1, 0.15) is 158 Å². The van der Waals surface area contributed by atoms with Gasteiger partial charge in [-0.2, -0.15) is 0 Å². The van der Waals surface area contributed by atoms with Gasteiger partial charge >= 0.3 is 0 Å². The van der Waals surface area contributed by atoms with Crippen molar-refractivity contribution in [2.75, 3.05) is 0 Å². The lowest BCUT2D eigenvalue weighted by Crippen LogP contribution is -2.06. The Hall–Kier alpha value is -1.04. The summed E-state index contributed by atoms with van der Waals surface area (Å²) in [6, 6.07) is 0. The summed E-state index contributed by atoms with van der Waals surface area (Å²) in [6.07, 6.45) is 25.0. The van der Waals surface area contributed by atoms with Gasteiger partial charge in [0.05, 0.1) is 0 Å². The fraction of sp³-hybridized carbons (Fsp3) is 0.750. The van der Waals surface area contributed by atoms with Crippen LogP contribution < -0.4 is 0 Å². The Kier molecular flexibility index (Phi) is 19.9. The molecule has 0 saturated carbocycles. The summed E-state index contributed by atoms with van der Waals surface area (Å²) in [4.78, 5) is 0. The van der Waals surface area contributed by atoms with Crippen LogP contribution in [0.4, 0.5) is 0 Å². The van der Waals surface area contributed by atoms with Crippen LogP contribution in [0.25, 0.3) is 0 Å². The van der Waals surface area contributed by atoms with E-state index in [2.05, 4.69) is 67.5 Å². The minimum absolute atomic E-state index is 1.22. The van der Waals surface area contributed by atoms with E-state index in [-0.39, 0.29) is 0 Å². The number of hydrogen-bond acceptors (Lipinski definition) is 0. The van der Waals surface area contributed by atoms with E-state index in [4.69, 9.17) is 0 Å². The van der Waals surface area contributed by atoms with E-state index in [1.165, 1.54) is 103 Å². The van der Waals surface area contributed by atoms with Crippen LogP contribution in [0.2, 0.25) is 0 Å². The van der Waals surface area contributed by atoms with Gasteiger partial charge in [0.25, 0.3) is 0 Å². The molecule has 0 heteroatoms. The molecule has 0 aliphatic heterocycles. The minimum atomic E-state index is 1.22. The highest BCUT2D eigenvalue weighted by Crippen LogP contribution is 2.38. The summed E-state index contributed by atoms with van der Waals surface area (Å²) in [6.45, 7) is 18.8. The third kappa shape index (κ3) is 11.2. The van der Waals surface area contributed by atoms with Crippen LogP contribution in [-0.4, -0.2) is 0 Å². The van der Waals surface area contributed by atoms with Crippen LogP contribution in [0, 0.1) is 0 Å². The second-order valence-corrected chi connectivity index (χ2v) is 9.45. The van der Waals surface area contributed by atoms with Crippen molar-refractivity contribution in [3.05, 3.63) is 45.6 Å². The molecule has 0 N–H and O–H groups in total. The Balaban J connectivity index is 7.16. The fourth-order valence-electron chi connectivity index (χ4n) is 4.91. The van der Waals surface area contributed by atoms with Gasteiger partial charge in [0, 0.05) is 0 Å². The van der Waals surface area contributed by atoms with E-state index in [0.717, 1.165) is 0 Å². The lowest BCUT2D eigenvalue weighted by atomic mass is 9.80. The maximum atomic E-state index is 2.59. The molecule has 0 aromatic carbocycles. The first-order valence-electron chi connectivity index (χ1n) is 14.4. The van der Waals surface area contributed by atoms with Crippen molar-refractivity contribution in [3.8, 4) is 0 Å². The average molecular weight is 443 g/mol. The minimum Gasteiger partial charge on any atom is -0.0810 e. The Morgan fingerprint density at radius 1 is 0.344 bits per heavy atom. The summed E-state index contributed by atoms with van der Waals surface area (Å²) < 4.78 is 0. The van der Waals surface area contributed by atoms with E-state index < -0.39 is 0 Å². The van der Waals surface area contributed by atoms with Gasteiger partial charge < -0.3 is 0 Å². The van der Waals surface area contributed by atoms with Crippen molar-refractivity contribution in [1.29, 1.82) is 0 Å². The third-order valence-electron chi connectivity index (χ3n) is 6.27. The van der Waals surface area contributed by atoms with E-state index in [9.17, 15) is 0 Å². The quantitative estimate of drug-likeness (QED) is 0.174. The van der Waals surface area contributed by atoms with Gasteiger partial charge in [-0.25, -0.2) is 0 Å². The summed E-state index contributed by atoms with van der Waals surface area (Å²) in [5.41, 5.74) is 10.2. The molecule has 0 rings (SSSR count). The lowest BCUT2D eigenvalue weighted by molar-refractivity contribution is 0.768. The molecule has 0 atom stereocenters. The molecule has 0 aromatic rings. The normalized spacial score (nSPS) is 14.5. The zero-order valence-corrected chi connectivity index (χ0v) is 23.5. The van der Waals surface area contributed by atoms with Crippen LogP contribution in [0.5, 0.6) is 0 Å². The molecule has 0 fully saturated rings. The Bertz CT molecular complexity index is 540. The highest BCUT2D eigenvalue weighted by atomic mass is 14.2. The maximum Gasteiger partial charge on any atom is -0.0276 e. The molecule has 0 aliphatic carbocycles. The van der Waals surface area contributed by atoms with Crippen LogP contribution >= 0.6 is 0 Å². The molecule has 0 nitrogen and oxygen atoms in total. The van der Waals surface area contributed by atoms with Crippen molar-refractivity contribution >= 4 is 0 Å². The van der Waals surface area contributed by atoms with Crippen LogP contribution in [0.3, 0.4) is 0 Å². The average Bonchev–Trinajstić information content (AvgIpc) is 2.79. The van der Waals surface area contributed by atoms with E-state index in [1.807, 2.05) is 0 Å². The van der Waals surface area contributed by atoms with Gasteiger partial charge in [-0.05, 0) is 84.8 Å². The molecule has 0 bridgehead atoms. The lowest BCUT2D eigenvalue weighted by Gasteiger charge is -2.25. The third-order valence-corrected chi connectivity index (χ3v) is 6.27. The van der Waals surface area contributed by atoms with Gasteiger partial charge in [-0.15, -0.1) is 0 Å². The maximum absolute atomic E-state index is 2.59. The molecule has 0 aromatic heterocycles. The smallest absolute Gasteiger partial charge is 0.0276 e. The van der Waals surface area contributed by atoms with Gasteiger partial charge in [-0.3, -0.25) is 0 Å². The summed E-state index contributed by atoms with van der Waals surface area (Å²) in [5, 5.41) is 0. The van der Waals surface area contributed by atoms with Crippen molar-refractivity contribution in [3.63, 3.8) is 0 Å². The molecule has 0 aliphatic rings. The van der Waals surface area contributed by atoms with Crippen molar-refractivity contribution in [2.45, 2.75) is 158 Å². The molecule has 32 heavy (non-hydrogen) atoms. The predicted molar refractivity (Wildman–Crippen MR) is 149 cm³/mol. The Morgan fingerprint density at radius 2 is 0.625 bits per heavy atom. The zero-order chi connectivity index (χ0) is 24.2. The van der Waals surface area contributed by atoms with Gasteiger partial charge in [-0.1, -0.05) is 119 Å². The molecule has 0 amide bonds. The molecule has 0 unspecified atom stereocenters. The zero-order valence-electron chi connectivity index (χ0n) is 23.5. The Morgan fingerprint density at radius 3 is 0.875 bits per heavy atom. The predicted octanol–water partition coefficient (Wildman–Crippen LogP) is 11.8. The molecule has 0 radical (unpaired) electrons. The number of rotatable bonds is 19. The monoisotopic (exact) mass is 442 g/mol. The highest BCUT2D eigenvalue weighted by Gasteiger charge is 2.19. The topological polar surface area (TPSA) is 0 Å². The summed E-state index contributed by atoms with van der Waals surface area (Å²) in [5.74, 6) is 0. The van der Waals surface area contributed by atoms with Gasteiger partial charge in [0.15, 0.2) is 0 Å². The number of allylic oxidation sites excluding steroid dienone is 8. The second-order valence-electron chi connectivity index (χ2n) is 9.45. The fourth-order valence-corrected chi connectivity index (χ4v) is 4.91. The highest BCUT2D eigenvalue weighted by molar-refractivity contribution is 5.51. The molecular weight excluding hydrogens is 384 g/mol. The molecular formula is C32H58. The summed E-state index contributed by atoms with van der Waals surface area (Å²) >= 11 is 0. The Labute approximate surface area is 203 Å². The van der Waals surface area contributed by atoms with E-state index >= 15 is 0 Å². The van der Waals surface area contributed by atoms with Crippen LogP contribution in [-0.2, 0) is 0 Å². The number of unbranched alkanes of at least 4 members (excludes halogenated alkanes) is 2. The largest absolute Gasteiger partial charge is 0.0810 e. The standard InChI is InChI=1S/C32H58/c1-9-17-25-27(19-11-3)29(21-13-5)31(23-15-7)32(24-16-8)30(22-14-6)28(20-12-4)26-18-10-2/h25-26H,9-24H2,1-8H3/b27-25+,28-26+,31-29-,32-30-. The summed E-state index contributed by atoms with van der Waals surface area (Å²) in [7, 11) is 0. The second kappa shape index (κ2) is 20.6. The molecule has 0 heterocycles. The molecule has 0 spiro atoms.